The second kappa shape index (κ2) is 6.48. The Morgan fingerprint density at radius 2 is 2.26 bits per heavy atom. The van der Waals surface area contributed by atoms with Crippen LogP contribution in [0.15, 0.2) is 4.52 Å². The van der Waals surface area contributed by atoms with Crippen molar-refractivity contribution in [3.8, 4) is 0 Å². The van der Waals surface area contributed by atoms with E-state index in [-0.39, 0.29) is 0 Å². The molecule has 0 radical (unpaired) electrons. The van der Waals surface area contributed by atoms with Gasteiger partial charge < -0.3 is 10.3 Å². The number of hydrogen-bond acceptors (Lipinski definition) is 5. The number of likely N-dealkylation sites (tertiary alicyclic amines) is 1. The van der Waals surface area contributed by atoms with Crippen LogP contribution >= 0.6 is 0 Å². The molecule has 2 rings (SSSR count). The minimum atomic E-state index is 0.558. The third-order valence-electron chi connectivity index (χ3n) is 3.96. The Bertz CT molecular complexity index is 391. The molecule has 0 spiro atoms. The van der Waals surface area contributed by atoms with Crippen molar-refractivity contribution >= 4 is 0 Å². The summed E-state index contributed by atoms with van der Waals surface area (Å²) in [5.74, 6) is 3.43. The Balaban J connectivity index is 1.88. The molecule has 0 aliphatic carbocycles. The van der Waals surface area contributed by atoms with Crippen LogP contribution in [-0.4, -0.2) is 34.7 Å². The number of piperidine rings is 1. The van der Waals surface area contributed by atoms with Crippen LogP contribution in [0.25, 0.3) is 0 Å². The topological polar surface area (TPSA) is 68.2 Å². The molecule has 1 saturated heterocycles. The standard InChI is InChI=1S/C14H26N4O/c1-10(2)6-13-16-14(19-17-13)9-18-5-4-11(3)12(7-15)8-18/h10-12H,4-9,15H2,1-3H3. The molecule has 0 amide bonds. The third-order valence-corrected chi connectivity index (χ3v) is 3.96. The van der Waals surface area contributed by atoms with Crippen molar-refractivity contribution in [3.63, 3.8) is 0 Å². The molecule has 0 aromatic carbocycles. The first-order valence-electron chi connectivity index (χ1n) is 7.32. The van der Waals surface area contributed by atoms with Crippen LogP contribution in [-0.2, 0) is 13.0 Å². The molecule has 0 bridgehead atoms. The average molecular weight is 266 g/mol. The number of nitrogens with zero attached hydrogens (tertiary/aromatic N) is 3. The lowest BCUT2D eigenvalue weighted by molar-refractivity contribution is 0.114. The number of nitrogens with two attached hydrogens (primary N) is 1. The molecule has 2 atom stereocenters. The SMILES string of the molecule is CC(C)Cc1noc(CN2CCC(C)C(CN)C2)n1. The molecule has 2 unspecified atom stereocenters. The van der Waals surface area contributed by atoms with Crippen molar-refractivity contribution in [2.75, 3.05) is 19.6 Å². The zero-order valence-corrected chi connectivity index (χ0v) is 12.3. The van der Waals surface area contributed by atoms with Crippen molar-refractivity contribution in [1.82, 2.24) is 15.0 Å². The minimum absolute atomic E-state index is 0.558. The molecule has 19 heavy (non-hydrogen) atoms. The molecular formula is C14H26N4O. The predicted octanol–water partition coefficient (Wildman–Crippen LogP) is 1.68. The maximum absolute atomic E-state index is 5.83. The van der Waals surface area contributed by atoms with Gasteiger partial charge in [-0.15, -0.1) is 0 Å². The Kier molecular flexibility index (Phi) is 4.93. The summed E-state index contributed by atoms with van der Waals surface area (Å²) in [6.45, 7) is 10.3. The fourth-order valence-electron chi connectivity index (χ4n) is 2.67. The highest BCUT2D eigenvalue weighted by Crippen LogP contribution is 2.23. The van der Waals surface area contributed by atoms with Gasteiger partial charge in [-0.2, -0.15) is 4.98 Å². The molecular weight excluding hydrogens is 240 g/mol. The van der Waals surface area contributed by atoms with Crippen molar-refractivity contribution < 1.29 is 4.52 Å². The van der Waals surface area contributed by atoms with Crippen LogP contribution in [0.3, 0.4) is 0 Å². The van der Waals surface area contributed by atoms with Crippen molar-refractivity contribution in [1.29, 1.82) is 0 Å². The van der Waals surface area contributed by atoms with Gasteiger partial charge in [0.05, 0.1) is 6.54 Å². The molecule has 0 saturated carbocycles. The lowest BCUT2D eigenvalue weighted by Gasteiger charge is -2.35. The summed E-state index contributed by atoms with van der Waals surface area (Å²) in [6.07, 6.45) is 2.08. The molecule has 1 aliphatic heterocycles. The zero-order valence-electron chi connectivity index (χ0n) is 12.3. The molecule has 2 N–H and O–H groups in total. The van der Waals surface area contributed by atoms with E-state index in [1.165, 1.54) is 6.42 Å². The van der Waals surface area contributed by atoms with Gasteiger partial charge in [-0.25, -0.2) is 0 Å². The largest absolute Gasteiger partial charge is 0.338 e. The molecule has 5 heteroatoms. The molecule has 2 heterocycles. The van der Waals surface area contributed by atoms with Gasteiger partial charge in [0.1, 0.15) is 0 Å². The maximum atomic E-state index is 5.83. The summed E-state index contributed by atoms with van der Waals surface area (Å²) in [5, 5.41) is 4.04. The minimum Gasteiger partial charge on any atom is -0.338 e. The third kappa shape index (κ3) is 4.01. The van der Waals surface area contributed by atoms with Gasteiger partial charge in [-0.3, -0.25) is 4.90 Å². The lowest BCUT2D eigenvalue weighted by atomic mass is 9.87. The number of rotatable bonds is 5. The lowest BCUT2D eigenvalue weighted by Crippen LogP contribution is -2.42. The van der Waals surface area contributed by atoms with Gasteiger partial charge in [-0.1, -0.05) is 25.9 Å². The summed E-state index contributed by atoms with van der Waals surface area (Å²) in [5.41, 5.74) is 5.83. The van der Waals surface area contributed by atoms with E-state index in [4.69, 9.17) is 10.3 Å². The normalized spacial score (nSPS) is 25.1. The van der Waals surface area contributed by atoms with Gasteiger partial charge in [0.15, 0.2) is 5.82 Å². The van der Waals surface area contributed by atoms with Crippen molar-refractivity contribution in [3.05, 3.63) is 11.7 Å². The fourth-order valence-corrected chi connectivity index (χ4v) is 2.67. The second-order valence-electron chi connectivity index (χ2n) is 6.20. The first-order valence-corrected chi connectivity index (χ1v) is 7.32. The number of hydrogen-bond donors (Lipinski definition) is 1. The smallest absolute Gasteiger partial charge is 0.240 e. The summed E-state index contributed by atoms with van der Waals surface area (Å²) in [4.78, 5) is 6.84. The summed E-state index contributed by atoms with van der Waals surface area (Å²) in [7, 11) is 0. The van der Waals surface area contributed by atoms with E-state index in [1.807, 2.05) is 0 Å². The van der Waals surface area contributed by atoms with E-state index in [2.05, 4.69) is 35.8 Å². The monoisotopic (exact) mass is 266 g/mol. The fraction of sp³-hybridized carbons (Fsp3) is 0.857. The summed E-state index contributed by atoms with van der Waals surface area (Å²) >= 11 is 0. The highest BCUT2D eigenvalue weighted by atomic mass is 16.5. The van der Waals surface area contributed by atoms with Crippen LogP contribution < -0.4 is 5.73 Å². The Morgan fingerprint density at radius 1 is 1.47 bits per heavy atom. The molecule has 1 aromatic heterocycles. The van der Waals surface area contributed by atoms with Crippen molar-refractivity contribution in [2.24, 2.45) is 23.5 Å². The first kappa shape index (κ1) is 14.5. The average Bonchev–Trinajstić information content (AvgIpc) is 2.78. The van der Waals surface area contributed by atoms with E-state index in [0.717, 1.165) is 50.2 Å². The van der Waals surface area contributed by atoms with Crippen LogP contribution in [0, 0.1) is 17.8 Å². The van der Waals surface area contributed by atoms with Gasteiger partial charge in [0.25, 0.3) is 0 Å². The van der Waals surface area contributed by atoms with Crippen molar-refractivity contribution in [2.45, 2.75) is 40.2 Å². The zero-order chi connectivity index (χ0) is 13.8. The van der Waals surface area contributed by atoms with E-state index >= 15 is 0 Å². The van der Waals surface area contributed by atoms with Crippen LogP contribution in [0.4, 0.5) is 0 Å². The first-order chi connectivity index (χ1) is 9.08. The molecule has 1 fully saturated rings. The Morgan fingerprint density at radius 3 is 2.95 bits per heavy atom. The van der Waals surface area contributed by atoms with E-state index < -0.39 is 0 Å². The van der Waals surface area contributed by atoms with Gasteiger partial charge >= 0.3 is 0 Å². The van der Waals surface area contributed by atoms with Gasteiger partial charge in [-0.05, 0) is 37.3 Å². The van der Waals surface area contributed by atoms with Crippen LogP contribution in [0.5, 0.6) is 0 Å². The Hall–Kier alpha value is -0.940. The van der Waals surface area contributed by atoms with E-state index in [9.17, 15) is 0 Å². The second-order valence-corrected chi connectivity index (χ2v) is 6.20. The predicted molar refractivity (Wildman–Crippen MR) is 74.4 cm³/mol. The van der Waals surface area contributed by atoms with E-state index in [0.29, 0.717) is 11.8 Å². The number of aromatic nitrogens is 2. The maximum Gasteiger partial charge on any atom is 0.240 e. The van der Waals surface area contributed by atoms with Gasteiger partial charge in [0.2, 0.25) is 5.89 Å². The van der Waals surface area contributed by atoms with Crippen LogP contribution in [0.2, 0.25) is 0 Å². The summed E-state index contributed by atoms with van der Waals surface area (Å²) < 4.78 is 5.33. The highest BCUT2D eigenvalue weighted by Gasteiger charge is 2.26. The van der Waals surface area contributed by atoms with E-state index in [1.54, 1.807) is 0 Å². The van der Waals surface area contributed by atoms with Crippen LogP contribution in [0.1, 0.15) is 38.9 Å². The summed E-state index contributed by atoms with van der Waals surface area (Å²) in [6, 6.07) is 0. The van der Waals surface area contributed by atoms with Gasteiger partial charge in [0, 0.05) is 13.0 Å². The Labute approximate surface area is 115 Å². The molecule has 108 valence electrons. The molecule has 1 aliphatic rings. The highest BCUT2D eigenvalue weighted by molar-refractivity contribution is 4.89. The molecule has 5 nitrogen and oxygen atoms in total. The quantitative estimate of drug-likeness (QED) is 0.878. The molecule has 1 aromatic rings.